The summed E-state index contributed by atoms with van der Waals surface area (Å²) in [7, 11) is -7.64. The van der Waals surface area contributed by atoms with Crippen molar-refractivity contribution in [1.29, 1.82) is 0 Å². The van der Waals surface area contributed by atoms with Gasteiger partial charge in [-0.25, -0.2) is 26.5 Å². The first-order chi connectivity index (χ1) is 15.4. The summed E-state index contributed by atoms with van der Waals surface area (Å²) in [6.45, 7) is 1.45. The molecule has 0 spiro atoms. The van der Waals surface area contributed by atoms with Crippen molar-refractivity contribution in [3.8, 4) is 0 Å². The molecule has 1 atom stereocenters. The zero-order valence-electron chi connectivity index (χ0n) is 17.1. The van der Waals surface area contributed by atoms with Crippen LogP contribution in [0.25, 0.3) is 0 Å². The van der Waals surface area contributed by atoms with Crippen molar-refractivity contribution in [1.82, 2.24) is 23.8 Å². The number of ether oxygens (including phenoxy) is 1. The molecule has 1 unspecified atom stereocenters. The summed E-state index contributed by atoms with van der Waals surface area (Å²) in [5.41, 5.74) is 0.762. The molecule has 0 saturated carbocycles. The van der Waals surface area contributed by atoms with E-state index in [1.54, 1.807) is 0 Å². The third-order valence-corrected chi connectivity index (χ3v) is 8.48. The summed E-state index contributed by atoms with van der Waals surface area (Å²) in [6, 6.07) is 13.8. The first kappa shape index (κ1) is 22.6. The van der Waals surface area contributed by atoms with Crippen LogP contribution in [0.5, 0.6) is 0 Å². The molecule has 2 heterocycles. The van der Waals surface area contributed by atoms with Gasteiger partial charge in [-0.3, -0.25) is 4.68 Å². The molecule has 0 bridgehead atoms. The van der Waals surface area contributed by atoms with Crippen LogP contribution in [0, 0.1) is 0 Å². The highest BCUT2D eigenvalue weighted by Gasteiger charge is 2.27. The van der Waals surface area contributed by atoms with E-state index in [-0.39, 0.29) is 29.4 Å². The maximum Gasteiger partial charge on any atom is 0.243 e. The van der Waals surface area contributed by atoms with E-state index in [9.17, 15) is 16.8 Å². The highest BCUT2D eigenvalue weighted by atomic mass is 32.2. The van der Waals surface area contributed by atoms with Crippen molar-refractivity contribution in [3.05, 3.63) is 72.8 Å². The number of sulfonamides is 2. The van der Waals surface area contributed by atoms with E-state index in [0.29, 0.717) is 13.2 Å². The van der Waals surface area contributed by atoms with Gasteiger partial charge < -0.3 is 4.74 Å². The molecule has 12 heteroatoms. The Labute approximate surface area is 187 Å². The normalized spacial score (nSPS) is 16.6. The molecule has 1 fully saturated rings. The lowest BCUT2D eigenvalue weighted by molar-refractivity contribution is 0.0730. The van der Waals surface area contributed by atoms with Gasteiger partial charge in [0.15, 0.2) is 0 Å². The van der Waals surface area contributed by atoms with Crippen LogP contribution in [0.4, 0.5) is 0 Å². The summed E-state index contributed by atoms with van der Waals surface area (Å²) in [5, 5.41) is 4.06. The molecule has 10 nitrogen and oxygen atoms in total. The van der Waals surface area contributed by atoms with E-state index in [0.717, 1.165) is 5.56 Å². The lowest BCUT2D eigenvalue weighted by Gasteiger charge is -2.26. The van der Waals surface area contributed by atoms with Crippen molar-refractivity contribution >= 4 is 20.0 Å². The molecule has 3 aromatic rings. The number of nitrogens with one attached hydrogen (secondary N) is 1. The minimum atomic E-state index is -3.94. The monoisotopic (exact) mass is 477 g/mol. The molecule has 1 aromatic heterocycles. The number of rotatable bonds is 8. The molecule has 4 rings (SSSR count). The Hall–Kier alpha value is -2.64. The molecule has 1 aliphatic heterocycles. The van der Waals surface area contributed by atoms with Gasteiger partial charge in [-0.15, -0.1) is 0 Å². The number of aromatic nitrogens is 3. The zero-order chi connectivity index (χ0) is 22.6. The van der Waals surface area contributed by atoms with E-state index >= 15 is 0 Å². The Balaban J connectivity index is 1.56. The van der Waals surface area contributed by atoms with Crippen LogP contribution in [-0.4, -0.2) is 62.2 Å². The van der Waals surface area contributed by atoms with Crippen molar-refractivity contribution in [3.63, 3.8) is 0 Å². The van der Waals surface area contributed by atoms with Gasteiger partial charge in [0, 0.05) is 13.1 Å². The van der Waals surface area contributed by atoms with Crippen LogP contribution < -0.4 is 4.72 Å². The van der Waals surface area contributed by atoms with E-state index < -0.39 is 26.1 Å². The molecule has 1 aliphatic rings. The standard InChI is InChI=1S/C20H23N5O5S2/c26-31(27,23-20(14-24-16-21-15-22-24)17-4-2-1-3-5-17)18-6-8-19(9-7-18)32(28,29)25-10-12-30-13-11-25/h1-9,15-16,20,23H,10-14H2. The fraction of sp³-hybridized carbons (Fsp3) is 0.300. The summed E-state index contributed by atoms with van der Waals surface area (Å²) in [6.07, 6.45) is 2.89. The fourth-order valence-corrected chi connectivity index (χ4v) is 6.02. The second-order valence-electron chi connectivity index (χ2n) is 7.19. The van der Waals surface area contributed by atoms with Crippen molar-refractivity contribution in [2.24, 2.45) is 0 Å². The van der Waals surface area contributed by atoms with Gasteiger partial charge in [-0.05, 0) is 29.8 Å². The lowest BCUT2D eigenvalue weighted by atomic mass is 10.1. The number of nitrogens with zero attached hydrogens (tertiary/aromatic N) is 4. The Kier molecular flexibility index (Phi) is 6.67. The highest BCUT2D eigenvalue weighted by molar-refractivity contribution is 7.89. The summed E-state index contributed by atoms with van der Waals surface area (Å²) < 4.78 is 62.5. The van der Waals surface area contributed by atoms with Crippen LogP contribution in [0.1, 0.15) is 11.6 Å². The average molecular weight is 478 g/mol. The van der Waals surface area contributed by atoms with Crippen LogP contribution in [0.2, 0.25) is 0 Å². The topological polar surface area (TPSA) is 123 Å². The van der Waals surface area contributed by atoms with Gasteiger partial charge in [0.1, 0.15) is 12.7 Å². The minimum absolute atomic E-state index is 0.0297. The van der Waals surface area contributed by atoms with Crippen LogP contribution in [0.3, 0.4) is 0 Å². The SMILES string of the molecule is O=S(=O)(NC(Cn1cncn1)c1ccccc1)c1ccc(S(=O)(=O)N2CCOCC2)cc1. The van der Waals surface area contributed by atoms with E-state index in [1.165, 1.54) is 45.9 Å². The molecule has 0 amide bonds. The Morgan fingerprint density at radius 3 is 2.22 bits per heavy atom. The minimum Gasteiger partial charge on any atom is -0.379 e. The number of morpholine rings is 1. The van der Waals surface area contributed by atoms with Crippen LogP contribution >= 0.6 is 0 Å². The van der Waals surface area contributed by atoms with E-state index in [1.807, 2.05) is 30.3 Å². The summed E-state index contributed by atoms with van der Waals surface area (Å²) in [5.74, 6) is 0. The van der Waals surface area contributed by atoms with Gasteiger partial charge in [0.25, 0.3) is 0 Å². The van der Waals surface area contributed by atoms with Gasteiger partial charge in [0.2, 0.25) is 20.0 Å². The number of hydrogen-bond donors (Lipinski definition) is 1. The van der Waals surface area contributed by atoms with Gasteiger partial charge in [0.05, 0.1) is 35.6 Å². The molecule has 1 N–H and O–H groups in total. The Morgan fingerprint density at radius 1 is 0.938 bits per heavy atom. The molecular weight excluding hydrogens is 454 g/mol. The first-order valence-electron chi connectivity index (χ1n) is 9.94. The summed E-state index contributed by atoms with van der Waals surface area (Å²) >= 11 is 0. The second-order valence-corrected chi connectivity index (χ2v) is 10.8. The maximum atomic E-state index is 13.1. The van der Waals surface area contributed by atoms with Crippen LogP contribution in [0.15, 0.2) is 77.0 Å². The number of hydrogen-bond acceptors (Lipinski definition) is 7. The van der Waals surface area contributed by atoms with Gasteiger partial charge in [-0.2, -0.15) is 9.40 Å². The van der Waals surface area contributed by atoms with Crippen molar-refractivity contribution in [2.45, 2.75) is 22.4 Å². The van der Waals surface area contributed by atoms with Crippen molar-refractivity contribution < 1.29 is 21.6 Å². The molecule has 32 heavy (non-hydrogen) atoms. The highest BCUT2D eigenvalue weighted by Crippen LogP contribution is 2.22. The van der Waals surface area contributed by atoms with Crippen molar-refractivity contribution in [2.75, 3.05) is 26.3 Å². The maximum absolute atomic E-state index is 13.1. The van der Waals surface area contributed by atoms with Gasteiger partial charge >= 0.3 is 0 Å². The second kappa shape index (κ2) is 9.46. The quantitative estimate of drug-likeness (QED) is 0.514. The zero-order valence-corrected chi connectivity index (χ0v) is 18.7. The van der Waals surface area contributed by atoms with Gasteiger partial charge in [-0.1, -0.05) is 30.3 Å². The molecule has 170 valence electrons. The Morgan fingerprint density at radius 2 is 1.59 bits per heavy atom. The largest absolute Gasteiger partial charge is 0.379 e. The molecule has 0 aliphatic carbocycles. The third kappa shape index (κ3) is 5.05. The lowest BCUT2D eigenvalue weighted by Crippen LogP contribution is -2.40. The fourth-order valence-electron chi connectivity index (χ4n) is 3.39. The van der Waals surface area contributed by atoms with E-state index in [4.69, 9.17) is 4.74 Å². The first-order valence-corrected chi connectivity index (χ1v) is 12.9. The Bertz CT molecular complexity index is 1230. The summed E-state index contributed by atoms with van der Waals surface area (Å²) in [4.78, 5) is 3.91. The molecular formula is C20H23N5O5S2. The molecule has 2 aromatic carbocycles. The predicted molar refractivity (Wildman–Crippen MR) is 116 cm³/mol. The molecule has 1 saturated heterocycles. The third-order valence-electron chi connectivity index (χ3n) is 5.08. The molecule has 0 radical (unpaired) electrons. The predicted octanol–water partition coefficient (Wildman–Crippen LogP) is 1.02. The number of benzene rings is 2. The smallest absolute Gasteiger partial charge is 0.243 e. The van der Waals surface area contributed by atoms with Crippen LogP contribution in [-0.2, 0) is 31.3 Å². The van der Waals surface area contributed by atoms with E-state index in [2.05, 4.69) is 14.8 Å². The average Bonchev–Trinajstić information content (AvgIpc) is 3.33.